The Morgan fingerprint density at radius 2 is 2.28 bits per heavy atom. The van der Waals surface area contributed by atoms with Crippen molar-refractivity contribution < 1.29 is 0 Å². The molecule has 2 aromatic heterocycles. The zero-order valence-corrected chi connectivity index (χ0v) is 10.4. The van der Waals surface area contributed by atoms with E-state index in [0.29, 0.717) is 11.2 Å². The van der Waals surface area contributed by atoms with E-state index < -0.39 is 0 Å². The number of nitrogens with two attached hydrogens (primary N) is 1. The van der Waals surface area contributed by atoms with E-state index in [1.165, 1.54) is 19.3 Å². The Kier molecular flexibility index (Phi) is 3.81. The standard InChI is InChI=1S/C11H18N6O/c1-2-3-4-5-6-14-17-7-13-8-9(17)15-11(12)16-10(8)18/h7,14H,2-6H2,1H3,(H3,12,15,16,18). The Bertz CT molecular complexity index is 572. The fourth-order valence-corrected chi connectivity index (χ4v) is 1.79. The minimum Gasteiger partial charge on any atom is -0.369 e. The third kappa shape index (κ3) is 2.61. The van der Waals surface area contributed by atoms with Gasteiger partial charge in [0.15, 0.2) is 11.2 Å². The summed E-state index contributed by atoms with van der Waals surface area (Å²) in [5.74, 6) is 0.0991. The first-order valence-corrected chi connectivity index (χ1v) is 6.19. The number of nitrogens with one attached hydrogen (secondary N) is 2. The summed E-state index contributed by atoms with van der Waals surface area (Å²) in [6.07, 6.45) is 6.25. The molecule has 0 saturated carbocycles. The van der Waals surface area contributed by atoms with E-state index >= 15 is 0 Å². The molecule has 0 amide bonds. The van der Waals surface area contributed by atoms with Crippen molar-refractivity contribution in [3.05, 3.63) is 16.7 Å². The number of nitrogens with zero attached hydrogens (tertiary/aromatic N) is 3. The quantitative estimate of drug-likeness (QED) is 0.659. The van der Waals surface area contributed by atoms with Crippen LogP contribution in [-0.2, 0) is 0 Å². The van der Waals surface area contributed by atoms with E-state index in [1.54, 1.807) is 11.0 Å². The van der Waals surface area contributed by atoms with E-state index in [4.69, 9.17) is 5.73 Å². The Morgan fingerprint density at radius 3 is 3.06 bits per heavy atom. The average molecular weight is 250 g/mol. The number of aromatic amines is 1. The fourth-order valence-electron chi connectivity index (χ4n) is 1.79. The van der Waals surface area contributed by atoms with Crippen LogP contribution in [0.15, 0.2) is 11.1 Å². The molecule has 0 spiro atoms. The second-order valence-corrected chi connectivity index (χ2v) is 4.21. The monoisotopic (exact) mass is 250 g/mol. The molecule has 0 aromatic carbocycles. The van der Waals surface area contributed by atoms with Crippen LogP contribution in [0, 0.1) is 0 Å². The second kappa shape index (κ2) is 5.52. The third-order valence-electron chi connectivity index (χ3n) is 2.74. The van der Waals surface area contributed by atoms with Crippen molar-refractivity contribution in [2.24, 2.45) is 0 Å². The fraction of sp³-hybridized carbons (Fsp3) is 0.545. The Morgan fingerprint density at radius 1 is 1.44 bits per heavy atom. The van der Waals surface area contributed by atoms with Gasteiger partial charge in [-0.3, -0.25) is 9.78 Å². The highest BCUT2D eigenvalue weighted by atomic mass is 16.1. The molecule has 0 bridgehead atoms. The summed E-state index contributed by atoms with van der Waals surface area (Å²) < 4.78 is 1.65. The zero-order valence-electron chi connectivity index (χ0n) is 10.4. The molecule has 98 valence electrons. The van der Waals surface area contributed by atoms with Crippen LogP contribution in [0.25, 0.3) is 11.2 Å². The molecule has 0 aliphatic carbocycles. The van der Waals surface area contributed by atoms with Gasteiger partial charge in [-0.2, -0.15) is 4.98 Å². The first kappa shape index (κ1) is 12.4. The number of aromatic nitrogens is 4. The van der Waals surface area contributed by atoms with Crippen molar-refractivity contribution in [3.8, 4) is 0 Å². The lowest BCUT2D eigenvalue weighted by molar-refractivity contribution is 0.663. The van der Waals surface area contributed by atoms with Crippen LogP contribution in [-0.4, -0.2) is 26.2 Å². The highest BCUT2D eigenvalue weighted by Crippen LogP contribution is 2.04. The number of nitrogen functional groups attached to an aromatic ring is 1. The lowest BCUT2D eigenvalue weighted by atomic mass is 10.2. The minimum absolute atomic E-state index is 0.0991. The van der Waals surface area contributed by atoms with Crippen molar-refractivity contribution in [2.75, 3.05) is 17.7 Å². The van der Waals surface area contributed by atoms with Crippen LogP contribution in [0.5, 0.6) is 0 Å². The smallest absolute Gasteiger partial charge is 0.280 e. The molecule has 0 radical (unpaired) electrons. The van der Waals surface area contributed by atoms with Gasteiger partial charge >= 0.3 is 0 Å². The largest absolute Gasteiger partial charge is 0.369 e. The van der Waals surface area contributed by atoms with E-state index in [2.05, 4.69) is 27.3 Å². The van der Waals surface area contributed by atoms with Crippen molar-refractivity contribution in [3.63, 3.8) is 0 Å². The predicted octanol–water partition coefficient (Wildman–Crippen LogP) is 0.826. The van der Waals surface area contributed by atoms with Crippen LogP contribution in [0.2, 0.25) is 0 Å². The number of hydrogen-bond acceptors (Lipinski definition) is 5. The molecule has 0 unspecified atom stereocenters. The molecule has 2 heterocycles. The van der Waals surface area contributed by atoms with Crippen molar-refractivity contribution in [1.29, 1.82) is 0 Å². The van der Waals surface area contributed by atoms with Gasteiger partial charge in [0.2, 0.25) is 5.95 Å². The number of unbranched alkanes of at least 4 members (excludes halogenated alkanes) is 3. The molecule has 2 aromatic rings. The van der Waals surface area contributed by atoms with Crippen molar-refractivity contribution >= 4 is 17.1 Å². The Labute approximate surface area is 104 Å². The molecule has 0 atom stereocenters. The molecule has 7 heteroatoms. The van der Waals surface area contributed by atoms with Gasteiger partial charge in [-0.05, 0) is 6.42 Å². The summed E-state index contributed by atoms with van der Waals surface area (Å²) in [4.78, 5) is 22.1. The minimum atomic E-state index is -0.316. The summed E-state index contributed by atoms with van der Waals surface area (Å²) in [6.45, 7) is 3.00. The highest BCUT2D eigenvalue weighted by molar-refractivity contribution is 5.70. The summed E-state index contributed by atoms with van der Waals surface area (Å²) in [5, 5.41) is 0. The van der Waals surface area contributed by atoms with Gasteiger partial charge in [-0.25, -0.2) is 9.66 Å². The summed E-state index contributed by atoms with van der Waals surface area (Å²) in [6, 6.07) is 0. The van der Waals surface area contributed by atoms with Gasteiger partial charge in [0.05, 0.1) is 0 Å². The van der Waals surface area contributed by atoms with Crippen LogP contribution in [0.3, 0.4) is 0 Å². The Hall–Kier alpha value is -2.05. The van der Waals surface area contributed by atoms with Crippen molar-refractivity contribution in [1.82, 2.24) is 19.6 Å². The molecule has 2 rings (SSSR count). The lowest BCUT2D eigenvalue weighted by Gasteiger charge is -2.07. The first-order chi connectivity index (χ1) is 8.72. The maximum Gasteiger partial charge on any atom is 0.280 e. The zero-order chi connectivity index (χ0) is 13.0. The van der Waals surface area contributed by atoms with Gasteiger partial charge < -0.3 is 11.2 Å². The number of H-pyrrole nitrogens is 1. The number of anilines is 1. The number of imidazole rings is 1. The maximum atomic E-state index is 11.5. The summed E-state index contributed by atoms with van der Waals surface area (Å²) in [7, 11) is 0. The van der Waals surface area contributed by atoms with Crippen LogP contribution < -0.4 is 16.7 Å². The van der Waals surface area contributed by atoms with Crippen LogP contribution in [0.1, 0.15) is 32.6 Å². The number of fused-ring (bicyclic) bond motifs is 1. The third-order valence-corrected chi connectivity index (χ3v) is 2.74. The van der Waals surface area contributed by atoms with Gasteiger partial charge in [0.25, 0.3) is 5.56 Å². The molecule has 0 aliphatic rings. The molecule has 7 nitrogen and oxygen atoms in total. The summed E-state index contributed by atoms with van der Waals surface area (Å²) >= 11 is 0. The second-order valence-electron chi connectivity index (χ2n) is 4.21. The van der Waals surface area contributed by atoms with E-state index in [9.17, 15) is 4.79 Å². The first-order valence-electron chi connectivity index (χ1n) is 6.19. The predicted molar refractivity (Wildman–Crippen MR) is 70.9 cm³/mol. The maximum absolute atomic E-state index is 11.5. The topological polar surface area (TPSA) is 102 Å². The van der Waals surface area contributed by atoms with E-state index in [-0.39, 0.29) is 11.5 Å². The van der Waals surface area contributed by atoms with E-state index in [0.717, 1.165) is 13.0 Å². The van der Waals surface area contributed by atoms with Gasteiger partial charge in [0, 0.05) is 6.54 Å². The molecular weight excluding hydrogens is 232 g/mol. The molecule has 0 fully saturated rings. The number of hydrogen-bond donors (Lipinski definition) is 3. The normalized spacial score (nSPS) is 10.9. The van der Waals surface area contributed by atoms with E-state index in [1.807, 2.05) is 0 Å². The van der Waals surface area contributed by atoms with Gasteiger partial charge in [-0.15, -0.1) is 0 Å². The highest BCUT2D eigenvalue weighted by Gasteiger charge is 2.08. The van der Waals surface area contributed by atoms with Crippen LogP contribution in [0.4, 0.5) is 5.95 Å². The SMILES string of the molecule is CCCCCCNn1cnc2c(=O)[nH]c(N)nc21. The molecule has 4 N–H and O–H groups in total. The van der Waals surface area contributed by atoms with Gasteiger partial charge in [0.1, 0.15) is 6.33 Å². The average Bonchev–Trinajstić information content (AvgIpc) is 2.72. The summed E-state index contributed by atoms with van der Waals surface area (Å²) in [5.41, 5.74) is 9.12. The van der Waals surface area contributed by atoms with Gasteiger partial charge in [-0.1, -0.05) is 26.2 Å². The molecule has 0 saturated heterocycles. The molecule has 18 heavy (non-hydrogen) atoms. The molecule has 0 aliphatic heterocycles. The van der Waals surface area contributed by atoms with Crippen LogP contribution >= 0.6 is 0 Å². The lowest BCUT2D eigenvalue weighted by Crippen LogP contribution is -2.17. The van der Waals surface area contributed by atoms with Crippen molar-refractivity contribution in [2.45, 2.75) is 32.6 Å². The molecular formula is C11H18N6O. The Balaban J connectivity index is 2.07. The number of rotatable bonds is 6.